The first kappa shape index (κ1) is 10.0. The molecule has 0 aromatic heterocycles. The van der Waals surface area contributed by atoms with Gasteiger partial charge in [0.15, 0.2) is 0 Å². The monoisotopic (exact) mass is 170 g/mol. The molecule has 0 amide bonds. The maximum atomic E-state index is 3.46. The zero-order valence-corrected chi connectivity index (χ0v) is 8.23. The largest absolute Gasteiger partial charge is 0.317 e. The van der Waals surface area contributed by atoms with Gasteiger partial charge in [0, 0.05) is 0 Å². The minimum Gasteiger partial charge on any atom is -0.317 e. The van der Waals surface area contributed by atoms with E-state index in [4.69, 9.17) is 0 Å². The van der Waals surface area contributed by atoms with Gasteiger partial charge in [0.25, 0.3) is 0 Å². The minimum atomic E-state index is 0.956. The van der Waals surface area contributed by atoms with Gasteiger partial charge in [-0.3, -0.25) is 0 Å². The second-order valence-electron chi connectivity index (χ2n) is 3.71. The highest BCUT2D eigenvalue weighted by molar-refractivity contribution is 4.68. The van der Waals surface area contributed by atoms with Crippen molar-refractivity contribution in [2.75, 3.05) is 26.2 Å². The molecular formula is C10H22N2. The van der Waals surface area contributed by atoms with Gasteiger partial charge in [0.2, 0.25) is 0 Å². The summed E-state index contributed by atoms with van der Waals surface area (Å²) in [4.78, 5) is 0. The minimum absolute atomic E-state index is 0.956. The van der Waals surface area contributed by atoms with E-state index in [9.17, 15) is 0 Å². The van der Waals surface area contributed by atoms with E-state index in [1.54, 1.807) is 0 Å². The number of hydrogen-bond donors (Lipinski definition) is 2. The molecule has 1 rings (SSSR count). The summed E-state index contributed by atoms with van der Waals surface area (Å²) in [7, 11) is 0. The first-order valence-electron chi connectivity index (χ1n) is 5.35. The van der Waals surface area contributed by atoms with Crippen LogP contribution in [0.5, 0.6) is 0 Å². The number of rotatable bonds is 5. The Balaban J connectivity index is 1.91. The molecular weight excluding hydrogens is 148 g/mol. The molecule has 1 saturated heterocycles. The standard InChI is InChI=1S/C10H22N2/c1-2-11-7-3-5-10-6-4-8-12-9-10/h10-12H,2-9H2,1H3/t10-/m0/s1. The molecule has 0 aliphatic carbocycles. The van der Waals surface area contributed by atoms with Crippen molar-refractivity contribution in [3.05, 3.63) is 0 Å². The van der Waals surface area contributed by atoms with Crippen LogP contribution in [0.2, 0.25) is 0 Å². The molecule has 0 saturated carbocycles. The highest BCUT2D eigenvalue weighted by Gasteiger charge is 2.11. The van der Waals surface area contributed by atoms with Crippen molar-refractivity contribution < 1.29 is 0 Å². The Kier molecular flexibility index (Phi) is 5.37. The van der Waals surface area contributed by atoms with Crippen LogP contribution >= 0.6 is 0 Å². The fourth-order valence-corrected chi connectivity index (χ4v) is 1.86. The van der Waals surface area contributed by atoms with Crippen LogP contribution in [0.4, 0.5) is 0 Å². The second-order valence-corrected chi connectivity index (χ2v) is 3.71. The molecule has 0 unspecified atom stereocenters. The van der Waals surface area contributed by atoms with E-state index >= 15 is 0 Å². The van der Waals surface area contributed by atoms with Gasteiger partial charge in [-0.25, -0.2) is 0 Å². The van der Waals surface area contributed by atoms with Crippen LogP contribution in [-0.4, -0.2) is 26.2 Å². The predicted octanol–water partition coefficient (Wildman–Crippen LogP) is 1.38. The smallest absolute Gasteiger partial charge is 0.00205 e. The van der Waals surface area contributed by atoms with Crippen LogP contribution in [0, 0.1) is 5.92 Å². The molecule has 1 heterocycles. The van der Waals surface area contributed by atoms with E-state index in [-0.39, 0.29) is 0 Å². The summed E-state index contributed by atoms with van der Waals surface area (Å²) in [6.07, 6.45) is 5.57. The normalized spacial score (nSPS) is 24.2. The summed E-state index contributed by atoms with van der Waals surface area (Å²) in [6, 6.07) is 0. The highest BCUT2D eigenvalue weighted by Crippen LogP contribution is 2.14. The predicted molar refractivity (Wildman–Crippen MR) is 53.4 cm³/mol. The summed E-state index contributed by atoms with van der Waals surface area (Å²) < 4.78 is 0. The van der Waals surface area contributed by atoms with E-state index in [2.05, 4.69) is 17.6 Å². The lowest BCUT2D eigenvalue weighted by atomic mass is 9.95. The van der Waals surface area contributed by atoms with Crippen LogP contribution < -0.4 is 10.6 Å². The fourth-order valence-electron chi connectivity index (χ4n) is 1.86. The van der Waals surface area contributed by atoms with Crippen molar-refractivity contribution in [1.29, 1.82) is 0 Å². The van der Waals surface area contributed by atoms with Crippen molar-refractivity contribution in [3.63, 3.8) is 0 Å². The van der Waals surface area contributed by atoms with Crippen LogP contribution in [0.15, 0.2) is 0 Å². The molecule has 0 radical (unpaired) electrons. The molecule has 1 aliphatic rings. The third-order valence-electron chi connectivity index (χ3n) is 2.61. The second kappa shape index (κ2) is 6.44. The van der Waals surface area contributed by atoms with E-state index in [1.165, 1.54) is 45.3 Å². The van der Waals surface area contributed by atoms with Crippen molar-refractivity contribution in [2.45, 2.75) is 32.6 Å². The maximum absolute atomic E-state index is 3.46. The molecule has 72 valence electrons. The number of piperidine rings is 1. The Hall–Kier alpha value is -0.0800. The third-order valence-corrected chi connectivity index (χ3v) is 2.61. The summed E-state index contributed by atoms with van der Waals surface area (Å²) in [5.41, 5.74) is 0. The highest BCUT2D eigenvalue weighted by atomic mass is 14.9. The summed E-state index contributed by atoms with van der Waals surface area (Å²) in [5.74, 6) is 0.956. The SMILES string of the molecule is CCNCCC[C@H]1CCCNC1. The van der Waals surface area contributed by atoms with E-state index < -0.39 is 0 Å². The van der Waals surface area contributed by atoms with Crippen LogP contribution in [0.25, 0.3) is 0 Å². The van der Waals surface area contributed by atoms with Gasteiger partial charge >= 0.3 is 0 Å². The van der Waals surface area contributed by atoms with Crippen molar-refractivity contribution >= 4 is 0 Å². The van der Waals surface area contributed by atoms with Gasteiger partial charge in [0.05, 0.1) is 0 Å². The van der Waals surface area contributed by atoms with E-state index in [1.807, 2.05) is 0 Å². The lowest BCUT2D eigenvalue weighted by molar-refractivity contribution is 0.349. The van der Waals surface area contributed by atoms with Crippen LogP contribution in [0.3, 0.4) is 0 Å². The molecule has 2 N–H and O–H groups in total. The van der Waals surface area contributed by atoms with E-state index in [0.29, 0.717) is 0 Å². The van der Waals surface area contributed by atoms with Gasteiger partial charge in [-0.05, 0) is 57.8 Å². The Bertz CT molecular complexity index is 98.0. The molecule has 1 atom stereocenters. The molecule has 1 fully saturated rings. The van der Waals surface area contributed by atoms with Crippen LogP contribution in [-0.2, 0) is 0 Å². The molecule has 12 heavy (non-hydrogen) atoms. The zero-order valence-electron chi connectivity index (χ0n) is 8.23. The zero-order chi connectivity index (χ0) is 8.65. The first-order valence-corrected chi connectivity index (χ1v) is 5.35. The fraction of sp³-hybridized carbons (Fsp3) is 1.00. The Morgan fingerprint density at radius 1 is 1.50 bits per heavy atom. The quantitative estimate of drug-likeness (QED) is 0.609. The number of hydrogen-bond acceptors (Lipinski definition) is 2. The van der Waals surface area contributed by atoms with Crippen molar-refractivity contribution in [1.82, 2.24) is 10.6 Å². The lowest BCUT2D eigenvalue weighted by Crippen LogP contribution is -2.30. The molecule has 0 aromatic carbocycles. The average Bonchev–Trinajstić information content (AvgIpc) is 2.14. The molecule has 0 bridgehead atoms. The molecule has 1 aliphatic heterocycles. The van der Waals surface area contributed by atoms with Crippen molar-refractivity contribution in [2.24, 2.45) is 5.92 Å². The maximum Gasteiger partial charge on any atom is -0.00205 e. The van der Waals surface area contributed by atoms with Crippen molar-refractivity contribution in [3.8, 4) is 0 Å². The van der Waals surface area contributed by atoms with Gasteiger partial charge < -0.3 is 10.6 Å². The Labute approximate surface area is 76.1 Å². The molecule has 2 nitrogen and oxygen atoms in total. The summed E-state index contributed by atoms with van der Waals surface area (Å²) in [5, 5.41) is 6.82. The topological polar surface area (TPSA) is 24.1 Å². The summed E-state index contributed by atoms with van der Waals surface area (Å²) >= 11 is 0. The lowest BCUT2D eigenvalue weighted by Gasteiger charge is -2.22. The van der Waals surface area contributed by atoms with Gasteiger partial charge in [-0.2, -0.15) is 0 Å². The number of nitrogens with one attached hydrogen (secondary N) is 2. The van der Waals surface area contributed by atoms with Gasteiger partial charge in [-0.15, -0.1) is 0 Å². The Morgan fingerprint density at radius 3 is 3.08 bits per heavy atom. The van der Waals surface area contributed by atoms with Crippen LogP contribution in [0.1, 0.15) is 32.6 Å². The third kappa shape index (κ3) is 4.07. The van der Waals surface area contributed by atoms with Gasteiger partial charge in [0.1, 0.15) is 0 Å². The summed E-state index contributed by atoms with van der Waals surface area (Å²) in [6.45, 7) is 6.98. The van der Waals surface area contributed by atoms with E-state index in [0.717, 1.165) is 12.5 Å². The Morgan fingerprint density at radius 2 is 2.42 bits per heavy atom. The first-order chi connectivity index (χ1) is 5.93. The molecule has 0 aromatic rings. The van der Waals surface area contributed by atoms with Gasteiger partial charge in [-0.1, -0.05) is 6.92 Å². The average molecular weight is 170 g/mol. The molecule has 0 spiro atoms. The molecule has 2 heteroatoms.